The molecular formula is C21H25N3O3. The maximum absolute atomic E-state index is 11.6. The Morgan fingerprint density at radius 2 is 1.85 bits per heavy atom. The van der Waals surface area contributed by atoms with Crippen LogP contribution in [0.1, 0.15) is 25.6 Å². The number of methoxy groups -OCH3 is 1. The van der Waals surface area contributed by atoms with E-state index in [9.17, 15) is 4.79 Å². The molecule has 0 saturated carbocycles. The van der Waals surface area contributed by atoms with E-state index in [4.69, 9.17) is 9.47 Å². The normalized spacial score (nSPS) is 10.7. The van der Waals surface area contributed by atoms with Crippen LogP contribution in [0.4, 0.5) is 0 Å². The maximum Gasteiger partial charge on any atom is 0.220 e. The minimum atomic E-state index is 0.0245. The summed E-state index contributed by atoms with van der Waals surface area (Å²) < 4.78 is 13.1. The van der Waals surface area contributed by atoms with Crippen molar-refractivity contribution >= 4 is 16.9 Å². The molecule has 0 bridgehead atoms. The largest absolute Gasteiger partial charge is 0.497 e. The van der Waals surface area contributed by atoms with Gasteiger partial charge in [-0.2, -0.15) is 0 Å². The second-order valence-corrected chi connectivity index (χ2v) is 6.18. The molecular weight excluding hydrogens is 342 g/mol. The smallest absolute Gasteiger partial charge is 0.220 e. The third kappa shape index (κ3) is 4.78. The topological polar surface area (TPSA) is 65.4 Å². The van der Waals surface area contributed by atoms with Gasteiger partial charge < -0.3 is 19.4 Å². The number of benzene rings is 2. The van der Waals surface area contributed by atoms with Crippen LogP contribution in [-0.4, -0.2) is 29.2 Å². The quantitative estimate of drug-likeness (QED) is 0.588. The molecule has 1 heterocycles. The first kappa shape index (κ1) is 18.8. The maximum atomic E-state index is 11.6. The SMILES string of the molecule is CCC(=O)NCc1nc2ccccc2n1CCCOc1ccc(OC)cc1. The Kier molecular flexibility index (Phi) is 6.30. The number of nitrogens with one attached hydrogen (secondary N) is 1. The van der Waals surface area contributed by atoms with Crippen LogP contribution in [0, 0.1) is 0 Å². The molecule has 1 N–H and O–H groups in total. The number of aromatic nitrogens is 2. The molecule has 27 heavy (non-hydrogen) atoms. The second-order valence-electron chi connectivity index (χ2n) is 6.18. The number of hydrogen-bond donors (Lipinski definition) is 1. The molecule has 6 heteroatoms. The molecule has 0 fully saturated rings. The van der Waals surface area contributed by atoms with Crippen LogP contribution in [0.25, 0.3) is 11.0 Å². The average Bonchev–Trinajstić information content (AvgIpc) is 3.07. The van der Waals surface area contributed by atoms with Crippen LogP contribution >= 0.6 is 0 Å². The number of ether oxygens (including phenoxy) is 2. The molecule has 2 aromatic carbocycles. The van der Waals surface area contributed by atoms with Gasteiger partial charge in [-0.1, -0.05) is 19.1 Å². The summed E-state index contributed by atoms with van der Waals surface area (Å²) in [5.41, 5.74) is 2.01. The highest BCUT2D eigenvalue weighted by molar-refractivity contribution is 5.77. The van der Waals surface area contributed by atoms with E-state index < -0.39 is 0 Å². The fraction of sp³-hybridized carbons (Fsp3) is 0.333. The zero-order valence-corrected chi connectivity index (χ0v) is 15.8. The number of rotatable bonds is 9. The highest BCUT2D eigenvalue weighted by Crippen LogP contribution is 2.19. The predicted octanol–water partition coefficient (Wildman–Crippen LogP) is 3.54. The van der Waals surface area contributed by atoms with Gasteiger partial charge in [0, 0.05) is 13.0 Å². The molecule has 0 saturated heterocycles. The lowest BCUT2D eigenvalue weighted by Crippen LogP contribution is -2.23. The number of fused-ring (bicyclic) bond motifs is 1. The van der Waals surface area contributed by atoms with Crippen LogP contribution < -0.4 is 14.8 Å². The standard InChI is InChI=1S/C21H25N3O3/c1-3-21(25)22-15-20-23-18-7-4-5-8-19(18)24(20)13-6-14-27-17-11-9-16(26-2)10-12-17/h4-5,7-12H,3,6,13-15H2,1-2H3,(H,22,25). The molecule has 0 radical (unpaired) electrons. The minimum absolute atomic E-state index is 0.0245. The summed E-state index contributed by atoms with van der Waals surface area (Å²) in [5.74, 6) is 2.52. The van der Waals surface area contributed by atoms with Crippen molar-refractivity contribution < 1.29 is 14.3 Å². The van der Waals surface area contributed by atoms with Crippen LogP contribution in [0.2, 0.25) is 0 Å². The zero-order valence-electron chi connectivity index (χ0n) is 15.8. The molecule has 0 spiro atoms. The monoisotopic (exact) mass is 367 g/mol. The van der Waals surface area contributed by atoms with Gasteiger partial charge in [0.2, 0.25) is 5.91 Å². The van der Waals surface area contributed by atoms with E-state index in [0.717, 1.165) is 41.3 Å². The fourth-order valence-corrected chi connectivity index (χ4v) is 2.90. The summed E-state index contributed by atoms with van der Waals surface area (Å²) in [5, 5.41) is 2.91. The van der Waals surface area contributed by atoms with E-state index in [1.165, 1.54) is 0 Å². The van der Waals surface area contributed by atoms with Crippen molar-refractivity contribution in [3.63, 3.8) is 0 Å². The van der Waals surface area contributed by atoms with Crippen LogP contribution in [-0.2, 0) is 17.9 Å². The van der Waals surface area contributed by atoms with Crippen molar-refractivity contribution in [2.24, 2.45) is 0 Å². The Balaban J connectivity index is 1.63. The molecule has 3 rings (SSSR count). The summed E-state index contributed by atoms with van der Waals surface area (Å²) >= 11 is 0. The molecule has 0 aliphatic carbocycles. The van der Waals surface area contributed by atoms with Gasteiger partial charge >= 0.3 is 0 Å². The number of hydrogen-bond acceptors (Lipinski definition) is 4. The summed E-state index contributed by atoms with van der Waals surface area (Å²) in [4.78, 5) is 16.3. The van der Waals surface area contributed by atoms with E-state index in [0.29, 0.717) is 19.6 Å². The number of carbonyl (C=O) groups excluding carboxylic acids is 1. The van der Waals surface area contributed by atoms with Crippen molar-refractivity contribution in [1.29, 1.82) is 0 Å². The van der Waals surface area contributed by atoms with Crippen molar-refractivity contribution in [1.82, 2.24) is 14.9 Å². The first-order valence-electron chi connectivity index (χ1n) is 9.19. The summed E-state index contributed by atoms with van der Waals surface area (Å²) in [7, 11) is 1.64. The average molecular weight is 367 g/mol. The highest BCUT2D eigenvalue weighted by atomic mass is 16.5. The van der Waals surface area contributed by atoms with E-state index in [-0.39, 0.29) is 5.91 Å². The Hall–Kier alpha value is -3.02. The molecule has 1 amide bonds. The van der Waals surface area contributed by atoms with Crippen LogP contribution in [0.5, 0.6) is 11.5 Å². The van der Waals surface area contributed by atoms with Gasteiger partial charge in [-0.05, 0) is 42.8 Å². The van der Waals surface area contributed by atoms with Gasteiger partial charge in [-0.25, -0.2) is 4.98 Å². The molecule has 0 unspecified atom stereocenters. The summed E-state index contributed by atoms with van der Waals surface area (Å²) in [6, 6.07) is 15.6. The molecule has 3 aromatic rings. The lowest BCUT2D eigenvalue weighted by Gasteiger charge is -2.11. The second kappa shape index (κ2) is 9.07. The van der Waals surface area contributed by atoms with Gasteiger partial charge in [-0.15, -0.1) is 0 Å². The van der Waals surface area contributed by atoms with Gasteiger partial charge in [0.25, 0.3) is 0 Å². The van der Waals surface area contributed by atoms with Crippen molar-refractivity contribution in [2.45, 2.75) is 32.9 Å². The van der Waals surface area contributed by atoms with Gasteiger partial charge in [0.1, 0.15) is 17.3 Å². The molecule has 0 aliphatic rings. The first-order chi connectivity index (χ1) is 13.2. The number of nitrogens with zero attached hydrogens (tertiary/aromatic N) is 2. The third-order valence-electron chi connectivity index (χ3n) is 4.35. The molecule has 6 nitrogen and oxygen atoms in total. The number of imidazole rings is 1. The van der Waals surface area contributed by atoms with Crippen LogP contribution in [0.3, 0.4) is 0 Å². The van der Waals surface area contributed by atoms with E-state index in [1.807, 2.05) is 49.4 Å². The van der Waals surface area contributed by atoms with Crippen molar-refractivity contribution in [3.8, 4) is 11.5 Å². The summed E-state index contributed by atoms with van der Waals surface area (Å²) in [6.07, 6.45) is 1.30. The predicted molar refractivity (Wildman–Crippen MR) is 105 cm³/mol. The van der Waals surface area contributed by atoms with Gasteiger partial charge in [0.15, 0.2) is 0 Å². The van der Waals surface area contributed by atoms with Gasteiger partial charge in [0.05, 0.1) is 31.3 Å². The number of aryl methyl sites for hydroxylation is 1. The minimum Gasteiger partial charge on any atom is -0.497 e. The molecule has 1 aromatic heterocycles. The van der Waals surface area contributed by atoms with Gasteiger partial charge in [-0.3, -0.25) is 4.79 Å². The third-order valence-corrected chi connectivity index (χ3v) is 4.35. The number of carbonyl (C=O) groups is 1. The van der Waals surface area contributed by atoms with E-state index in [1.54, 1.807) is 7.11 Å². The molecule has 142 valence electrons. The molecule has 0 atom stereocenters. The fourth-order valence-electron chi connectivity index (χ4n) is 2.90. The Morgan fingerprint density at radius 1 is 1.11 bits per heavy atom. The van der Waals surface area contributed by atoms with E-state index >= 15 is 0 Å². The lowest BCUT2D eigenvalue weighted by atomic mass is 10.3. The van der Waals surface area contributed by atoms with E-state index in [2.05, 4.69) is 20.9 Å². The number of amides is 1. The Labute approximate surface area is 159 Å². The highest BCUT2D eigenvalue weighted by Gasteiger charge is 2.11. The van der Waals surface area contributed by atoms with Crippen molar-refractivity contribution in [3.05, 3.63) is 54.4 Å². The lowest BCUT2D eigenvalue weighted by molar-refractivity contribution is -0.120. The first-order valence-corrected chi connectivity index (χ1v) is 9.19. The van der Waals surface area contributed by atoms with Crippen LogP contribution in [0.15, 0.2) is 48.5 Å². The van der Waals surface area contributed by atoms with Crippen molar-refractivity contribution in [2.75, 3.05) is 13.7 Å². The Morgan fingerprint density at radius 3 is 2.59 bits per heavy atom. The molecule has 0 aliphatic heterocycles. The number of para-hydroxylation sites is 2. The Bertz CT molecular complexity index is 887. The summed E-state index contributed by atoms with van der Waals surface area (Å²) in [6.45, 7) is 3.64. The zero-order chi connectivity index (χ0) is 19.1.